The molecule has 25 heavy (non-hydrogen) atoms. The first kappa shape index (κ1) is 16.9. The fourth-order valence-electron chi connectivity index (χ4n) is 2.78. The summed E-state index contributed by atoms with van der Waals surface area (Å²) in [5.41, 5.74) is 1.95. The zero-order valence-corrected chi connectivity index (χ0v) is 14.5. The first-order chi connectivity index (χ1) is 12.0. The van der Waals surface area contributed by atoms with Gasteiger partial charge in [-0.2, -0.15) is 0 Å². The van der Waals surface area contributed by atoms with Crippen LogP contribution in [0.15, 0.2) is 33.6 Å². The van der Waals surface area contributed by atoms with Crippen molar-refractivity contribution in [3.8, 4) is 0 Å². The fraction of sp³-hybridized carbons (Fsp3) is 0.333. The summed E-state index contributed by atoms with van der Waals surface area (Å²) in [4.78, 5) is 33.7. The second-order valence-electron chi connectivity index (χ2n) is 5.92. The van der Waals surface area contributed by atoms with E-state index in [0.29, 0.717) is 29.0 Å². The smallest absolute Gasteiger partial charge is 0.258 e. The van der Waals surface area contributed by atoms with Crippen LogP contribution in [0.5, 0.6) is 0 Å². The van der Waals surface area contributed by atoms with Crippen LogP contribution >= 0.6 is 0 Å². The highest BCUT2D eigenvalue weighted by Crippen LogP contribution is 2.15. The third kappa shape index (κ3) is 3.45. The van der Waals surface area contributed by atoms with E-state index in [-0.39, 0.29) is 24.4 Å². The molecule has 0 aliphatic heterocycles. The van der Waals surface area contributed by atoms with E-state index in [9.17, 15) is 9.59 Å². The number of amides is 1. The minimum Gasteiger partial charge on any atom is -0.361 e. The summed E-state index contributed by atoms with van der Waals surface area (Å²) < 4.78 is 5.11. The molecule has 1 aromatic carbocycles. The van der Waals surface area contributed by atoms with Gasteiger partial charge in [0.15, 0.2) is 0 Å². The monoisotopic (exact) mass is 340 g/mol. The topological polar surface area (TPSA) is 92.1 Å². The first-order valence-electron chi connectivity index (χ1n) is 8.17. The Morgan fingerprint density at radius 3 is 2.72 bits per heavy atom. The minimum atomic E-state index is -0.199. The third-order valence-electron chi connectivity index (χ3n) is 4.25. The molecule has 2 aromatic heterocycles. The molecule has 0 aliphatic carbocycles. The number of aryl methyl sites for hydroxylation is 2. The van der Waals surface area contributed by atoms with Gasteiger partial charge in [0.05, 0.1) is 29.6 Å². The van der Waals surface area contributed by atoms with Crippen molar-refractivity contribution in [1.29, 1.82) is 0 Å². The number of aromatic nitrogens is 3. The molecule has 7 heteroatoms. The summed E-state index contributed by atoms with van der Waals surface area (Å²) in [5.74, 6) is 1.06. The van der Waals surface area contributed by atoms with Gasteiger partial charge in [-0.25, -0.2) is 4.98 Å². The van der Waals surface area contributed by atoms with Gasteiger partial charge in [0.2, 0.25) is 5.91 Å². The van der Waals surface area contributed by atoms with Crippen LogP contribution in [-0.2, 0) is 17.8 Å². The van der Waals surface area contributed by atoms with Gasteiger partial charge >= 0.3 is 0 Å². The lowest BCUT2D eigenvalue weighted by atomic mass is 10.1. The number of nitrogens with zero attached hydrogens (tertiary/aromatic N) is 3. The Morgan fingerprint density at radius 2 is 2.04 bits per heavy atom. The zero-order valence-electron chi connectivity index (χ0n) is 14.5. The van der Waals surface area contributed by atoms with Crippen molar-refractivity contribution in [1.82, 2.24) is 20.0 Å². The summed E-state index contributed by atoms with van der Waals surface area (Å²) in [6.07, 6.45) is 0.215. The number of carbonyl (C=O) groups is 1. The van der Waals surface area contributed by atoms with Crippen LogP contribution in [0, 0.1) is 13.8 Å². The Kier molecular flexibility index (Phi) is 4.65. The largest absolute Gasteiger partial charge is 0.361 e. The Labute approximate surface area is 144 Å². The molecule has 0 saturated heterocycles. The molecule has 1 N–H and O–H groups in total. The second kappa shape index (κ2) is 6.88. The van der Waals surface area contributed by atoms with Crippen molar-refractivity contribution in [2.45, 2.75) is 33.7 Å². The van der Waals surface area contributed by atoms with E-state index in [4.69, 9.17) is 4.52 Å². The number of H-pyrrole nitrogens is 1. The molecular formula is C18H20N4O3. The molecule has 7 nitrogen and oxygen atoms in total. The molecule has 3 rings (SSSR count). The van der Waals surface area contributed by atoms with Crippen LogP contribution in [0.3, 0.4) is 0 Å². The number of rotatable bonds is 5. The van der Waals surface area contributed by atoms with E-state index < -0.39 is 0 Å². The number of fused-ring (bicyclic) bond motifs is 1. The van der Waals surface area contributed by atoms with Crippen molar-refractivity contribution in [3.63, 3.8) is 0 Å². The van der Waals surface area contributed by atoms with Crippen molar-refractivity contribution >= 4 is 16.8 Å². The van der Waals surface area contributed by atoms with E-state index in [1.807, 2.05) is 19.9 Å². The van der Waals surface area contributed by atoms with Crippen molar-refractivity contribution in [3.05, 3.63) is 57.5 Å². The van der Waals surface area contributed by atoms with Crippen molar-refractivity contribution < 1.29 is 9.32 Å². The van der Waals surface area contributed by atoms with E-state index in [1.54, 1.807) is 30.0 Å². The van der Waals surface area contributed by atoms with Crippen molar-refractivity contribution in [2.75, 3.05) is 6.54 Å². The van der Waals surface area contributed by atoms with Crippen LogP contribution < -0.4 is 5.56 Å². The summed E-state index contributed by atoms with van der Waals surface area (Å²) in [5, 5.41) is 4.42. The van der Waals surface area contributed by atoms with Gasteiger partial charge in [-0.3, -0.25) is 9.59 Å². The van der Waals surface area contributed by atoms with Gasteiger partial charge in [0.25, 0.3) is 5.56 Å². The summed E-state index contributed by atoms with van der Waals surface area (Å²) in [6.45, 7) is 6.26. The maximum Gasteiger partial charge on any atom is 0.258 e. The molecule has 0 fully saturated rings. The molecule has 0 aliphatic rings. The lowest BCUT2D eigenvalue weighted by Crippen LogP contribution is -2.33. The second-order valence-corrected chi connectivity index (χ2v) is 5.92. The van der Waals surface area contributed by atoms with Crippen LogP contribution in [0.4, 0.5) is 0 Å². The molecule has 0 saturated carbocycles. The highest BCUT2D eigenvalue weighted by atomic mass is 16.5. The van der Waals surface area contributed by atoms with Gasteiger partial charge < -0.3 is 14.4 Å². The lowest BCUT2D eigenvalue weighted by Gasteiger charge is -2.20. The van der Waals surface area contributed by atoms with Crippen molar-refractivity contribution in [2.24, 2.45) is 0 Å². The Hall–Kier alpha value is -2.96. The standard InChI is InChI=1S/C18H20N4O3/c1-4-22(17(23)9-14-11(2)21-25-12(14)3)10-16-19-15-8-6-5-7-13(15)18(24)20-16/h5-8H,4,9-10H2,1-3H3,(H,19,20,24). The molecular weight excluding hydrogens is 320 g/mol. The van der Waals surface area contributed by atoms with Gasteiger partial charge in [-0.15, -0.1) is 0 Å². The molecule has 0 atom stereocenters. The number of carbonyl (C=O) groups excluding carboxylic acids is 1. The predicted molar refractivity (Wildman–Crippen MR) is 93.1 cm³/mol. The minimum absolute atomic E-state index is 0.0623. The molecule has 3 aromatic rings. The van der Waals surface area contributed by atoms with Crippen LogP contribution in [-0.4, -0.2) is 32.5 Å². The van der Waals surface area contributed by atoms with Gasteiger partial charge in [-0.05, 0) is 32.9 Å². The number of nitrogens with one attached hydrogen (secondary N) is 1. The highest BCUT2D eigenvalue weighted by molar-refractivity contribution is 5.79. The van der Waals surface area contributed by atoms with E-state index in [2.05, 4.69) is 15.1 Å². The molecule has 0 spiro atoms. The van der Waals surface area contributed by atoms with E-state index in [0.717, 1.165) is 11.3 Å². The summed E-state index contributed by atoms with van der Waals surface area (Å²) in [6, 6.07) is 7.14. The Morgan fingerprint density at radius 1 is 1.28 bits per heavy atom. The average Bonchev–Trinajstić information content (AvgIpc) is 2.91. The maximum absolute atomic E-state index is 12.6. The summed E-state index contributed by atoms with van der Waals surface area (Å²) >= 11 is 0. The number of aromatic amines is 1. The molecule has 0 radical (unpaired) electrons. The lowest BCUT2D eigenvalue weighted by molar-refractivity contribution is -0.131. The number of para-hydroxylation sites is 1. The molecule has 2 heterocycles. The number of hydrogen-bond acceptors (Lipinski definition) is 5. The number of hydrogen-bond donors (Lipinski definition) is 1. The van der Waals surface area contributed by atoms with E-state index >= 15 is 0 Å². The Balaban J connectivity index is 1.82. The zero-order chi connectivity index (χ0) is 18.0. The average molecular weight is 340 g/mol. The fourth-order valence-corrected chi connectivity index (χ4v) is 2.78. The highest BCUT2D eigenvalue weighted by Gasteiger charge is 2.19. The molecule has 1 amide bonds. The van der Waals surface area contributed by atoms with E-state index in [1.165, 1.54) is 0 Å². The summed E-state index contributed by atoms with van der Waals surface area (Å²) in [7, 11) is 0. The normalized spacial score (nSPS) is 11.0. The third-order valence-corrected chi connectivity index (χ3v) is 4.25. The van der Waals surface area contributed by atoms with Gasteiger partial charge in [0.1, 0.15) is 11.6 Å². The maximum atomic E-state index is 12.6. The quantitative estimate of drug-likeness (QED) is 0.768. The number of likely N-dealkylation sites (N-methyl/N-ethyl adjacent to an activating group) is 1. The van der Waals surface area contributed by atoms with Crippen LogP contribution in [0.25, 0.3) is 10.9 Å². The Bertz CT molecular complexity index is 954. The van der Waals surface area contributed by atoms with Gasteiger partial charge in [0, 0.05) is 12.1 Å². The SMILES string of the molecule is CCN(Cc1nc2ccccc2c(=O)[nH]1)C(=O)Cc1c(C)noc1C. The number of benzene rings is 1. The molecule has 130 valence electrons. The van der Waals surface area contributed by atoms with Crippen LogP contribution in [0.2, 0.25) is 0 Å². The molecule has 0 bridgehead atoms. The predicted octanol–water partition coefficient (Wildman–Crippen LogP) is 2.12. The van der Waals surface area contributed by atoms with Gasteiger partial charge in [-0.1, -0.05) is 17.3 Å². The van der Waals surface area contributed by atoms with Crippen LogP contribution in [0.1, 0.15) is 29.8 Å². The molecule has 0 unspecified atom stereocenters. The first-order valence-corrected chi connectivity index (χ1v) is 8.17.